The van der Waals surface area contributed by atoms with Gasteiger partial charge in [-0.25, -0.2) is 0 Å². The number of primary amides is 1. The molecule has 0 fully saturated rings. The summed E-state index contributed by atoms with van der Waals surface area (Å²) < 4.78 is 4.79. The van der Waals surface area contributed by atoms with E-state index in [2.05, 4.69) is 21.2 Å². The van der Waals surface area contributed by atoms with E-state index in [-0.39, 0.29) is 17.8 Å². The maximum atomic E-state index is 10.6. The molecule has 0 aliphatic rings. The third-order valence-electron chi connectivity index (χ3n) is 0.934. The molecule has 2 amide bonds. The van der Waals surface area contributed by atoms with Crippen LogP contribution in [0.25, 0.3) is 0 Å². The zero-order chi connectivity index (χ0) is 9.40. The second-order valence-electron chi connectivity index (χ2n) is 2.00. The molecule has 0 saturated carbocycles. The van der Waals surface area contributed by atoms with E-state index in [0.29, 0.717) is 13.2 Å². The van der Waals surface area contributed by atoms with Crippen LogP contribution in [0.4, 0.5) is 0 Å². The molecule has 0 aromatic rings. The van der Waals surface area contributed by atoms with E-state index < -0.39 is 5.91 Å². The van der Waals surface area contributed by atoms with Gasteiger partial charge in [-0.05, 0) is 0 Å². The molecule has 6 heteroatoms. The molecule has 0 atom stereocenters. The van der Waals surface area contributed by atoms with Crippen molar-refractivity contribution in [3.63, 3.8) is 0 Å². The predicted octanol–water partition coefficient (Wildman–Crippen LogP) is -1.00. The molecule has 0 radical (unpaired) electrons. The van der Waals surface area contributed by atoms with Gasteiger partial charge in [0.2, 0.25) is 11.8 Å². The highest BCUT2D eigenvalue weighted by Crippen LogP contribution is 1.78. The van der Waals surface area contributed by atoms with Crippen LogP contribution in [0.2, 0.25) is 0 Å². The van der Waals surface area contributed by atoms with Gasteiger partial charge in [0, 0.05) is 6.54 Å². The highest BCUT2D eigenvalue weighted by Gasteiger charge is 1.96. The first kappa shape index (κ1) is 11.4. The number of amides is 2. The molecule has 0 saturated heterocycles. The van der Waals surface area contributed by atoms with Gasteiger partial charge in [0.05, 0.1) is 11.9 Å². The van der Waals surface area contributed by atoms with E-state index in [1.54, 1.807) is 0 Å². The van der Waals surface area contributed by atoms with Crippen molar-refractivity contribution in [2.45, 2.75) is 0 Å². The van der Waals surface area contributed by atoms with E-state index in [4.69, 9.17) is 10.5 Å². The molecule has 0 spiro atoms. The van der Waals surface area contributed by atoms with E-state index in [1.807, 2.05) is 0 Å². The standard InChI is InChI=1S/C6H11BrN2O3/c7-3-6(11)9-1-2-12-4-5(8)10/h1-4H2,(H2,8,10)(H,9,11). The Bertz CT molecular complexity index is 163. The van der Waals surface area contributed by atoms with Crippen LogP contribution in [0, 0.1) is 0 Å². The van der Waals surface area contributed by atoms with Crippen LogP contribution in [0.5, 0.6) is 0 Å². The first-order valence-electron chi connectivity index (χ1n) is 3.35. The van der Waals surface area contributed by atoms with Crippen LogP contribution < -0.4 is 11.1 Å². The number of carbonyl (C=O) groups excluding carboxylic acids is 2. The Morgan fingerprint density at radius 3 is 2.67 bits per heavy atom. The number of nitrogens with two attached hydrogens (primary N) is 1. The molecule has 12 heavy (non-hydrogen) atoms. The number of halogens is 1. The van der Waals surface area contributed by atoms with Gasteiger partial charge < -0.3 is 15.8 Å². The van der Waals surface area contributed by atoms with Crippen molar-refractivity contribution < 1.29 is 14.3 Å². The summed E-state index contributed by atoms with van der Waals surface area (Å²) >= 11 is 2.98. The molecule has 0 aromatic heterocycles. The minimum atomic E-state index is -0.512. The summed E-state index contributed by atoms with van der Waals surface area (Å²) in [5.74, 6) is -0.625. The Labute approximate surface area is 78.8 Å². The molecule has 3 N–H and O–H groups in total. The van der Waals surface area contributed by atoms with Gasteiger partial charge in [-0.2, -0.15) is 0 Å². The van der Waals surface area contributed by atoms with Crippen LogP contribution >= 0.6 is 15.9 Å². The van der Waals surface area contributed by atoms with Gasteiger partial charge in [-0.3, -0.25) is 9.59 Å². The SMILES string of the molecule is NC(=O)COCCNC(=O)CBr. The number of hydrogen-bond acceptors (Lipinski definition) is 3. The minimum absolute atomic E-state index is 0.107. The second-order valence-corrected chi connectivity index (χ2v) is 2.56. The number of alkyl halides is 1. The molecule has 0 aliphatic carbocycles. The molecule has 70 valence electrons. The summed E-state index contributed by atoms with van der Waals surface area (Å²) in [5.41, 5.74) is 4.80. The quantitative estimate of drug-likeness (QED) is 0.460. The number of hydrogen-bond donors (Lipinski definition) is 2. The van der Waals surface area contributed by atoms with Crippen molar-refractivity contribution in [3.8, 4) is 0 Å². The topological polar surface area (TPSA) is 81.4 Å². The highest BCUT2D eigenvalue weighted by atomic mass is 79.9. The molecule has 0 bridgehead atoms. The summed E-state index contributed by atoms with van der Waals surface area (Å²) in [6.45, 7) is 0.573. The average Bonchev–Trinajstić information content (AvgIpc) is 2.03. The summed E-state index contributed by atoms with van der Waals surface area (Å²) in [5, 5.41) is 2.81. The molecule has 0 heterocycles. The largest absolute Gasteiger partial charge is 0.370 e. The normalized spacial score (nSPS) is 9.42. The third-order valence-corrected chi connectivity index (χ3v) is 1.44. The molecule has 0 rings (SSSR count). The van der Waals surface area contributed by atoms with Crippen molar-refractivity contribution in [2.75, 3.05) is 25.1 Å². The van der Waals surface area contributed by atoms with E-state index in [0.717, 1.165) is 0 Å². The van der Waals surface area contributed by atoms with Crippen LogP contribution in [0.1, 0.15) is 0 Å². The van der Waals surface area contributed by atoms with Crippen molar-refractivity contribution in [1.29, 1.82) is 0 Å². The lowest BCUT2D eigenvalue weighted by atomic mass is 10.6. The Balaban J connectivity index is 3.11. The van der Waals surface area contributed by atoms with Gasteiger partial charge in [0.25, 0.3) is 0 Å². The van der Waals surface area contributed by atoms with Gasteiger partial charge >= 0.3 is 0 Å². The zero-order valence-electron chi connectivity index (χ0n) is 6.51. The predicted molar refractivity (Wildman–Crippen MR) is 46.8 cm³/mol. The van der Waals surface area contributed by atoms with Crippen molar-refractivity contribution >= 4 is 27.7 Å². The Hall–Kier alpha value is -0.620. The fraction of sp³-hybridized carbons (Fsp3) is 0.667. The van der Waals surface area contributed by atoms with Gasteiger partial charge in [0.1, 0.15) is 6.61 Å². The van der Waals surface area contributed by atoms with Crippen LogP contribution in [0.15, 0.2) is 0 Å². The molecule has 0 aromatic carbocycles. The summed E-state index contributed by atoms with van der Waals surface area (Å²) in [6, 6.07) is 0. The first-order chi connectivity index (χ1) is 5.66. The second kappa shape index (κ2) is 7.05. The summed E-state index contributed by atoms with van der Waals surface area (Å²) in [4.78, 5) is 20.8. The Kier molecular flexibility index (Phi) is 6.69. The van der Waals surface area contributed by atoms with Crippen LogP contribution in [-0.4, -0.2) is 36.9 Å². The van der Waals surface area contributed by atoms with Gasteiger partial charge in [-0.1, -0.05) is 15.9 Å². The third kappa shape index (κ3) is 7.49. The fourth-order valence-electron chi connectivity index (χ4n) is 0.483. The van der Waals surface area contributed by atoms with Crippen molar-refractivity contribution in [3.05, 3.63) is 0 Å². The number of carbonyl (C=O) groups is 2. The molecular weight excluding hydrogens is 228 g/mol. The van der Waals surface area contributed by atoms with E-state index in [1.165, 1.54) is 0 Å². The molecular formula is C6H11BrN2O3. The van der Waals surface area contributed by atoms with E-state index in [9.17, 15) is 9.59 Å². The molecule has 0 aliphatic heterocycles. The molecule has 5 nitrogen and oxygen atoms in total. The minimum Gasteiger partial charge on any atom is -0.370 e. The average molecular weight is 239 g/mol. The monoisotopic (exact) mass is 238 g/mol. The lowest BCUT2D eigenvalue weighted by Gasteiger charge is -2.02. The van der Waals surface area contributed by atoms with E-state index >= 15 is 0 Å². The smallest absolute Gasteiger partial charge is 0.243 e. The van der Waals surface area contributed by atoms with Crippen LogP contribution in [-0.2, 0) is 14.3 Å². The zero-order valence-corrected chi connectivity index (χ0v) is 8.09. The molecule has 0 unspecified atom stereocenters. The van der Waals surface area contributed by atoms with Gasteiger partial charge in [-0.15, -0.1) is 0 Å². The maximum Gasteiger partial charge on any atom is 0.243 e. The summed E-state index contributed by atoms with van der Waals surface area (Å²) in [7, 11) is 0. The Morgan fingerprint density at radius 1 is 1.50 bits per heavy atom. The maximum absolute atomic E-state index is 10.6. The Morgan fingerprint density at radius 2 is 2.17 bits per heavy atom. The highest BCUT2D eigenvalue weighted by molar-refractivity contribution is 9.09. The lowest BCUT2D eigenvalue weighted by Crippen LogP contribution is -2.29. The number of nitrogens with one attached hydrogen (secondary N) is 1. The number of ether oxygens (including phenoxy) is 1. The van der Waals surface area contributed by atoms with Crippen molar-refractivity contribution in [2.24, 2.45) is 5.73 Å². The fourth-order valence-corrected chi connectivity index (χ4v) is 0.681. The summed E-state index contributed by atoms with van der Waals surface area (Å²) in [6.07, 6.45) is 0. The number of rotatable bonds is 6. The lowest BCUT2D eigenvalue weighted by molar-refractivity contribution is -0.122. The van der Waals surface area contributed by atoms with Crippen molar-refractivity contribution in [1.82, 2.24) is 5.32 Å². The van der Waals surface area contributed by atoms with Crippen LogP contribution in [0.3, 0.4) is 0 Å². The first-order valence-corrected chi connectivity index (χ1v) is 4.47. The van der Waals surface area contributed by atoms with Gasteiger partial charge in [0.15, 0.2) is 0 Å².